The van der Waals surface area contributed by atoms with Crippen LogP contribution in [-0.4, -0.2) is 22.6 Å². The largest absolute Gasteiger partial charge is 0.481 e. The second-order valence-corrected chi connectivity index (χ2v) is 7.22. The first-order valence-corrected chi connectivity index (χ1v) is 9.37. The van der Waals surface area contributed by atoms with E-state index in [1.165, 1.54) is 16.2 Å². The number of benzene rings is 1. The van der Waals surface area contributed by atoms with Crippen LogP contribution in [0.2, 0.25) is 0 Å². The third-order valence-electron chi connectivity index (χ3n) is 3.59. The van der Waals surface area contributed by atoms with E-state index in [-0.39, 0.29) is 18.8 Å². The van der Waals surface area contributed by atoms with Crippen molar-refractivity contribution in [2.75, 3.05) is 11.4 Å². The van der Waals surface area contributed by atoms with E-state index < -0.39 is 5.97 Å². The van der Waals surface area contributed by atoms with Crippen LogP contribution in [0.5, 0.6) is 0 Å². The Morgan fingerprint density at radius 2 is 2.00 bits per heavy atom. The fourth-order valence-corrected chi connectivity index (χ4v) is 3.90. The van der Waals surface area contributed by atoms with Gasteiger partial charge in [0.25, 0.3) is 0 Å². The van der Waals surface area contributed by atoms with Gasteiger partial charge in [-0.2, -0.15) is 5.26 Å². The van der Waals surface area contributed by atoms with Gasteiger partial charge in [-0.1, -0.05) is 18.2 Å². The maximum atomic E-state index is 11.0. The van der Waals surface area contributed by atoms with Crippen LogP contribution in [0.4, 0.5) is 5.13 Å². The smallest absolute Gasteiger partial charge is 0.305 e. The van der Waals surface area contributed by atoms with Crippen molar-refractivity contribution in [3.8, 4) is 17.3 Å². The molecule has 0 aliphatic heterocycles. The number of aliphatic carboxylic acids is 1. The molecule has 0 fully saturated rings. The molecule has 0 spiro atoms. The van der Waals surface area contributed by atoms with Gasteiger partial charge in [-0.25, -0.2) is 4.98 Å². The number of carbonyl (C=O) groups is 1. The van der Waals surface area contributed by atoms with Gasteiger partial charge in [0.05, 0.1) is 30.3 Å². The first kappa shape index (κ1) is 19.9. The number of nitrogens with zero attached hydrogens (tertiary/aromatic N) is 3. The Hall–Kier alpha value is -2.40. The normalized spacial score (nSPS) is 9.96. The summed E-state index contributed by atoms with van der Waals surface area (Å²) in [5.74, 6) is -0.819. The number of carboxylic acid groups (broad SMARTS) is 1. The summed E-state index contributed by atoms with van der Waals surface area (Å²) in [6, 6.07) is 13.4. The van der Waals surface area contributed by atoms with Crippen molar-refractivity contribution in [2.24, 2.45) is 0 Å². The molecule has 2 aromatic heterocycles. The Bertz CT molecular complexity index is 886. The summed E-state index contributed by atoms with van der Waals surface area (Å²) < 4.78 is 0. The first-order chi connectivity index (χ1) is 12.2. The molecule has 0 saturated carbocycles. The Labute approximate surface area is 165 Å². The van der Waals surface area contributed by atoms with Crippen LogP contribution in [-0.2, 0) is 11.3 Å². The number of halogens is 1. The topological polar surface area (TPSA) is 77.2 Å². The summed E-state index contributed by atoms with van der Waals surface area (Å²) in [5.41, 5.74) is 2.38. The van der Waals surface area contributed by atoms with Gasteiger partial charge in [-0.05, 0) is 23.6 Å². The fraction of sp³-hybridized carbons (Fsp3) is 0.167. The highest BCUT2D eigenvalue weighted by atomic mass is 35.5. The van der Waals surface area contributed by atoms with Gasteiger partial charge < -0.3 is 10.0 Å². The summed E-state index contributed by atoms with van der Waals surface area (Å²) >= 11 is 3.14. The maximum absolute atomic E-state index is 11.0. The second-order valence-electron chi connectivity index (χ2n) is 5.35. The molecule has 1 aromatic carbocycles. The standard InChI is InChI=1S/C18H15N3O2S2.ClH/c19-10-13-3-5-14(6-4-13)16-12-25-18(20-16)21(8-7-17(22)23)11-15-2-1-9-24-15;/h1-6,9,12H,7-8,11H2,(H,22,23);1H. The minimum absolute atomic E-state index is 0. The molecule has 0 atom stereocenters. The van der Waals surface area contributed by atoms with E-state index in [1.54, 1.807) is 23.5 Å². The molecule has 0 unspecified atom stereocenters. The molecule has 1 N–H and O–H groups in total. The molecule has 0 amide bonds. The quantitative estimate of drug-likeness (QED) is 0.619. The monoisotopic (exact) mass is 405 g/mol. The minimum atomic E-state index is -0.819. The molecule has 8 heteroatoms. The van der Waals surface area contributed by atoms with Crippen LogP contribution < -0.4 is 4.90 Å². The van der Waals surface area contributed by atoms with E-state index in [0.29, 0.717) is 18.7 Å². The zero-order chi connectivity index (χ0) is 17.6. The number of nitriles is 1. The lowest BCUT2D eigenvalue weighted by molar-refractivity contribution is -0.136. The van der Waals surface area contributed by atoms with Crippen molar-refractivity contribution in [1.29, 1.82) is 5.26 Å². The third kappa shape index (κ3) is 5.05. The van der Waals surface area contributed by atoms with Gasteiger partial charge in [0.15, 0.2) is 5.13 Å². The molecule has 0 radical (unpaired) electrons. The maximum Gasteiger partial charge on any atom is 0.305 e. The van der Waals surface area contributed by atoms with Crippen molar-refractivity contribution >= 4 is 46.2 Å². The van der Waals surface area contributed by atoms with Gasteiger partial charge in [0.2, 0.25) is 0 Å². The van der Waals surface area contributed by atoms with E-state index in [4.69, 9.17) is 10.4 Å². The van der Waals surface area contributed by atoms with Crippen LogP contribution in [0.25, 0.3) is 11.3 Å². The number of anilines is 1. The summed E-state index contributed by atoms with van der Waals surface area (Å²) in [5, 5.41) is 22.7. The highest BCUT2D eigenvalue weighted by Gasteiger charge is 2.15. The lowest BCUT2D eigenvalue weighted by atomic mass is 10.1. The Kier molecular flexibility index (Phi) is 7.16. The molecular formula is C18H16ClN3O2S2. The van der Waals surface area contributed by atoms with Gasteiger partial charge >= 0.3 is 5.97 Å². The van der Waals surface area contributed by atoms with Crippen molar-refractivity contribution in [3.05, 3.63) is 57.6 Å². The van der Waals surface area contributed by atoms with Gasteiger partial charge in [-0.3, -0.25) is 4.79 Å². The average molecular weight is 406 g/mol. The molecule has 26 heavy (non-hydrogen) atoms. The number of thiophene rings is 1. The predicted octanol–water partition coefficient (Wildman–Crippen LogP) is 4.65. The molecule has 3 rings (SSSR count). The lowest BCUT2D eigenvalue weighted by Crippen LogP contribution is -2.25. The fourth-order valence-electron chi connectivity index (χ4n) is 2.32. The van der Waals surface area contributed by atoms with Crippen LogP contribution in [0.1, 0.15) is 16.9 Å². The molecular weight excluding hydrogens is 390 g/mol. The van der Waals surface area contributed by atoms with E-state index in [9.17, 15) is 4.79 Å². The van der Waals surface area contributed by atoms with E-state index in [0.717, 1.165) is 16.4 Å². The summed E-state index contributed by atoms with van der Waals surface area (Å²) in [6.07, 6.45) is 0.0666. The van der Waals surface area contributed by atoms with Gasteiger partial charge in [0.1, 0.15) is 0 Å². The first-order valence-electron chi connectivity index (χ1n) is 7.61. The molecule has 2 heterocycles. The van der Waals surface area contributed by atoms with Gasteiger partial charge in [-0.15, -0.1) is 35.1 Å². The molecule has 3 aromatic rings. The lowest BCUT2D eigenvalue weighted by Gasteiger charge is -2.20. The molecule has 0 saturated heterocycles. The zero-order valence-corrected chi connectivity index (χ0v) is 16.1. The van der Waals surface area contributed by atoms with E-state index >= 15 is 0 Å². The number of thiazole rings is 1. The van der Waals surface area contributed by atoms with Crippen molar-refractivity contribution in [3.63, 3.8) is 0 Å². The Morgan fingerprint density at radius 1 is 1.23 bits per heavy atom. The molecule has 0 aliphatic rings. The molecule has 0 bridgehead atoms. The number of hydrogen-bond donors (Lipinski definition) is 1. The van der Waals surface area contributed by atoms with Crippen LogP contribution >= 0.6 is 35.1 Å². The zero-order valence-electron chi connectivity index (χ0n) is 13.7. The minimum Gasteiger partial charge on any atom is -0.481 e. The molecule has 0 aliphatic carbocycles. The Morgan fingerprint density at radius 3 is 2.62 bits per heavy atom. The average Bonchev–Trinajstić information content (AvgIpc) is 3.30. The number of carboxylic acids is 1. The highest BCUT2D eigenvalue weighted by molar-refractivity contribution is 7.14. The number of rotatable bonds is 7. The van der Waals surface area contributed by atoms with Crippen LogP contribution in [0, 0.1) is 11.3 Å². The summed E-state index contributed by atoms with van der Waals surface area (Å²) in [4.78, 5) is 18.8. The van der Waals surface area contributed by atoms with Crippen molar-refractivity contribution in [2.45, 2.75) is 13.0 Å². The second kappa shape index (κ2) is 9.34. The van der Waals surface area contributed by atoms with Crippen LogP contribution in [0.15, 0.2) is 47.2 Å². The summed E-state index contributed by atoms with van der Waals surface area (Å²) in [6.45, 7) is 1.05. The number of aromatic nitrogens is 1. The number of hydrogen-bond acceptors (Lipinski definition) is 6. The third-order valence-corrected chi connectivity index (χ3v) is 5.36. The predicted molar refractivity (Wildman–Crippen MR) is 107 cm³/mol. The van der Waals surface area contributed by atoms with Crippen molar-refractivity contribution in [1.82, 2.24) is 4.98 Å². The van der Waals surface area contributed by atoms with Gasteiger partial charge in [0, 0.05) is 22.4 Å². The van der Waals surface area contributed by atoms with Crippen LogP contribution in [0.3, 0.4) is 0 Å². The molecule has 5 nitrogen and oxygen atoms in total. The van der Waals surface area contributed by atoms with Crippen molar-refractivity contribution < 1.29 is 9.90 Å². The molecule has 134 valence electrons. The summed E-state index contributed by atoms with van der Waals surface area (Å²) in [7, 11) is 0. The highest BCUT2D eigenvalue weighted by Crippen LogP contribution is 2.29. The Balaban J connectivity index is 0.00000243. The SMILES string of the molecule is Cl.N#Cc1ccc(-c2csc(N(CCC(=O)O)Cc3cccs3)n2)cc1. The van der Waals surface area contributed by atoms with E-state index in [1.807, 2.05) is 39.9 Å². The van der Waals surface area contributed by atoms with E-state index in [2.05, 4.69) is 11.1 Å².